The maximum absolute atomic E-state index is 13.8. The summed E-state index contributed by atoms with van der Waals surface area (Å²) in [5.41, 5.74) is 8.68. The molecule has 7 heterocycles. The number of carbonyl (C=O) groups excluding carboxylic acids is 2. The number of ether oxygens (including phenoxy) is 5. The Hall–Kier alpha value is -7.66. The first-order valence-corrected chi connectivity index (χ1v) is 32.9. The fraction of sp³-hybridized carbons (Fsp3) is 0.426. The van der Waals surface area contributed by atoms with Gasteiger partial charge in [0, 0.05) is 25.3 Å². The fourth-order valence-corrected chi connectivity index (χ4v) is 12.7. The number of nitrogens with one attached hydrogen (secondary N) is 1. The Kier molecular flexibility index (Phi) is 31.9. The van der Waals surface area contributed by atoms with Gasteiger partial charge in [0.05, 0.1) is 54.8 Å². The third-order valence-corrected chi connectivity index (χ3v) is 17.5. The number of fused-ring (bicyclic) bond motifs is 2. The summed E-state index contributed by atoms with van der Waals surface area (Å²) in [4.78, 5) is 42.0. The van der Waals surface area contributed by atoms with Crippen molar-refractivity contribution in [3.63, 3.8) is 0 Å². The van der Waals surface area contributed by atoms with Crippen LogP contribution in [0.15, 0.2) is 122 Å². The maximum atomic E-state index is 13.8. The maximum Gasteiger partial charge on any atom is 2.00 e. The Morgan fingerprint density at radius 2 is 1.16 bits per heavy atom. The molecule has 3 fully saturated rings. The second kappa shape index (κ2) is 37.9. The SMILES string of the molecule is C1CCOC1.CCOC(=O)[C@H](C)CP(=O)(OC[C@H]1O[C@@](C#N)(c2ccc3c(N)ncnn23)[C@H](O)[C@@H]1O)Oc1ccccc1.CCOC(=O)[C@H](C)NP(=O)(Oc1ccccc1)Oc1ccc([N+](=O)[O-])cc1.C[C-](C)C.N#C[C@@]1(c2ccc3c(N)ncnn23)O[C@H](CO)[C@@H](O)[C@H]1O.[Cl-].[Mg+2]. The number of anilines is 2. The van der Waals surface area contributed by atoms with Crippen LogP contribution in [0.3, 0.4) is 0 Å². The third kappa shape index (κ3) is 21.2. The Balaban J connectivity index is 0.000000297. The van der Waals surface area contributed by atoms with Crippen LogP contribution in [0.5, 0.6) is 17.2 Å². The summed E-state index contributed by atoms with van der Waals surface area (Å²) >= 11 is 0. The van der Waals surface area contributed by atoms with E-state index >= 15 is 0 Å². The number of nitrogens with zero attached hydrogens (tertiary/aromatic N) is 9. The summed E-state index contributed by atoms with van der Waals surface area (Å²) in [6, 6.07) is 30.4. The van der Waals surface area contributed by atoms with Crippen molar-refractivity contribution in [2.24, 2.45) is 5.92 Å². The molecule has 2 unspecified atom stereocenters. The molecular weight excluding hydrogens is 1340 g/mol. The van der Waals surface area contributed by atoms with Gasteiger partial charge in [0.15, 0.2) is 11.6 Å². The molecule has 36 heteroatoms. The van der Waals surface area contributed by atoms with Crippen molar-refractivity contribution in [2.75, 3.05) is 57.3 Å². The third-order valence-electron chi connectivity index (χ3n) is 13.8. The van der Waals surface area contributed by atoms with E-state index in [2.05, 4.69) is 46.0 Å². The van der Waals surface area contributed by atoms with Crippen molar-refractivity contribution in [1.82, 2.24) is 34.3 Å². The number of nitro groups is 1. The molecule has 7 aromatic rings. The number of aliphatic hydroxyl groups excluding tert-OH is 5. The molecule has 3 aliphatic heterocycles. The molecule has 3 aliphatic rings. The fourth-order valence-electron chi connectivity index (χ4n) is 9.28. The first-order valence-electron chi connectivity index (χ1n) is 29.7. The van der Waals surface area contributed by atoms with E-state index in [1.807, 2.05) is 12.1 Å². The first kappa shape index (κ1) is 81.8. The number of non-ortho nitro benzene ring substituents is 1. The van der Waals surface area contributed by atoms with Crippen LogP contribution >= 0.6 is 15.3 Å². The van der Waals surface area contributed by atoms with E-state index in [-0.39, 0.29) is 101 Å². The molecule has 0 bridgehead atoms. The van der Waals surface area contributed by atoms with Gasteiger partial charge in [-0.05, 0) is 94.3 Å². The Bertz CT molecular complexity index is 3830. The van der Waals surface area contributed by atoms with Crippen molar-refractivity contribution in [2.45, 2.75) is 115 Å². The predicted octanol–water partition coefficient (Wildman–Crippen LogP) is 2.52. The molecule has 520 valence electrons. The molecule has 3 aromatic carbocycles. The van der Waals surface area contributed by atoms with E-state index < -0.39 is 105 Å². The summed E-state index contributed by atoms with van der Waals surface area (Å²) < 4.78 is 77.9. The normalized spacial score (nSPS) is 22.4. The predicted molar refractivity (Wildman–Crippen MR) is 345 cm³/mol. The van der Waals surface area contributed by atoms with Gasteiger partial charge in [0.25, 0.3) is 5.69 Å². The number of hydrogen-bond donors (Lipinski definition) is 8. The minimum atomic E-state index is -4.06. The molecule has 0 radical (unpaired) electrons. The zero-order valence-corrected chi connectivity index (χ0v) is 58.0. The van der Waals surface area contributed by atoms with E-state index in [1.54, 1.807) is 86.6 Å². The van der Waals surface area contributed by atoms with Gasteiger partial charge in [0.2, 0.25) is 11.2 Å². The number of nitriles is 2. The molecule has 0 saturated carbocycles. The van der Waals surface area contributed by atoms with Crippen LogP contribution in [0.2, 0.25) is 0 Å². The van der Waals surface area contributed by atoms with Crippen molar-refractivity contribution < 1.29 is 103 Å². The molecule has 97 heavy (non-hydrogen) atoms. The molecule has 12 atom stereocenters. The van der Waals surface area contributed by atoms with Gasteiger partial charge in [-0.1, -0.05) is 43.3 Å². The molecule has 10 rings (SSSR count). The average Bonchev–Trinajstić information content (AvgIpc) is 1.60. The van der Waals surface area contributed by atoms with Crippen molar-refractivity contribution in [3.8, 4) is 29.4 Å². The van der Waals surface area contributed by atoms with Gasteiger partial charge in [-0.2, -0.15) is 46.6 Å². The molecule has 3 saturated heterocycles. The average molecular weight is 1420 g/mol. The molecule has 0 amide bonds. The van der Waals surface area contributed by atoms with Crippen molar-refractivity contribution in [1.29, 1.82) is 10.5 Å². The summed E-state index contributed by atoms with van der Waals surface area (Å²) in [5, 5.41) is 91.9. The number of rotatable bonds is 21. The van der Waals surface area contributed by atoms with Gasteiger partial charge in [-0.3, -0.25) is 24.2 Å². The number of carbonyl (C=O) groups is 2. The van der Waals surface area contributed by atoms with Crippen LogP contribution in [-0.2, 0) is 58.1 Å². The minimum absolute atomic E-state index is 0. The van der Waals surface area contributed by atoms with E-state index in [0.717, 1.165) is 13.2 Å². The van der Waals surface area contributed by atoms with E-state index in [1.165, 1.54) is 90.7 Å². The molecule has 4 aromatic heterocycles. The van der Waals surface area contributed by atoms with Crippen LogP contribution in [0.25, 0.3) is 11.0 Å². The van der Waals surface area contributed by atoms with Crippen LogP contribution in [-0.4, -0.2) is 183 Å². The second-order valence-corrected chi connectivity index (χ2v) is 25.3. The zero-order valence-electron chi connectivity index (χ0n) is 54.0. The Morgan fingerprint density at radius 3 is 1.58 bits per heavy atom. The summed E-state index contributed by atoms with van der Waals surface area (Å²) in [6.45, 7) is 13.8. The Morgan fingerprint density at radius 1 is 0.732 bits per heavy atom. The molecule has 0 spiro atoms. The smallest absolute Gasteiger partial charge is 1.00 e. The van der Waals surface area contributed by atoms with Crippen LogP contribution < -0.4 is 42.5 Å². The monoisotopic (exact) mass is 1420 g/mol. The number of nitro benzene ring substituents is 1. The van der Waals surface area contributed by atoms with Crippen LogP contribution in [0.1, 0.15) is 72.7 Å². The number of nitrogen functional groups attached to an aromatic ring is 2. The first-order chi connectivity index (χ1) is 45.2. The second-order valence-electron chi connectivity index (χ2n) is 21.7. The summed E-state index contributed by atoms with van der Waals surface area (Å²) in [6.07, 6.45) is -3.99. The van der Waals surface area contributed by atoms with Gasteiger partial charge < -0.3 is 92.6 Å². The van der Waals surface area contributed by atoms with E-state index in [4.69, 9.17) is 53.2 Å². The molecule has 32 nitrogen and oxygen atoms in total. The van der Waals surface area contributed by atoms with Gasteiger partial charge >= 0.3 is 50.3 Å². The van der Waals surface area contributed by atoms with Gasteiger partial charge in [-0.15, -0.1) is 0 Å². The number of para-hydroxylation sites is 2. The quantitative estimate of drug-likeness (QED) is 0.0128. The summed E-state index contributed by atoms with van der Waals surface area (Å²) in [5.74, 6) is 0.294. The minimum Gasteiger partial charge on any atom is -1.00 e. The number of hydrogen-bond acceptors (Lipinski definition) is 28. The van der Waals surface area contributed by atoms with Crippen LogP contribution in [0, 0.1) is 44.6 Å². The number of aliphatic hydroxyl groups is 5. The summed E-state index contributed by atoms with van der Waals surface area (Å²) in [7, 11) is -8.08. The van der Waals surface area contributed by atoms with Gasteiger partial charge in [0.1, 0.15) is 95.7 Å². The zero-order chi connectivity index (χ0) is 69.7. The largest absolute Gasteiger partial charge is 2.00 e. The number of aromatic nitrogens is 6. The standard InChI is InChI=1S/C24H28N5O8P.C17H19N2O7P.C12H13N5O4.C4H8O.C4H9.ClH.Mg/c1-3-34-23(32)15(2)12-38(33,37-16-7-5-4-6-8-16)35-11-18-20(30)21(31)24(13-25,36-18)19-10-9-17-22(26)27-14-28-29(17)19;1-3-24-17(20)13(2)18-27(23,25-15-7-5-4-6-8-15)26-16-11-9-14(10-12-16)19(21)22;13-4-12(10(20)9(19)7(3-18)21-12)8-2-1-6-11(14)15-5-16-17(6)8;1-2-4-5-3-1;1-4(2)3;;/h4-10,14-15,18,20-21,30-31H,3,11-12H2,1-2H3,(H2,26,27,28);4-13H,3H2,1-2H3,(H,18,23);1-2,5,7,9-10,18-20H,3H2,(H2,14,15,16);1-4H2;1-3H3;1H;/q;;;;-1;;+2/p-1/t15-,18-,20-,21-,24+,38?;13-,27?;7-,9-,10-,12+;;;;/m101..../s1. The topological polar surface area (TPSA) is 468 Å². The van der Waals surface area contributed by atoms with E-state index in [0.29, 0.717) is 11.0 Å². The Labute approximate surface area is 580 Å². The van der Waals surface area contributed by atoms with E-state index in [9.17, 15) is 64.9 Å². The van der Waals surface area contributed by atoms with Gasteiger partial charge in [-0.25, -0.2) is 28.1 Å². The van der Waals surface area contributed by atoms with Crippen molar-refractivity contribution >= 4 is 78.7 Å². The number of benzene rings is 3. The van der Waals surface area contributed by atoms with Crippen LogP contribution in [0.4, 0.5) is 17.3 Å². The number of halogens is 1. The molecule has 0 aliphatic carbocycles. The van der Waals surface area contributed by atoms with Crippen molar-refractivity contribution in [3.05, 3.63) is 149 Å². The number of nitrogens with two attached hydrogens (primary N) is 2. The number of esters is 2. The molecular formula is C61H77ClMgN12O20P2. The molecule has 10 N–H and O–H groups in total.